The van der Waals surface area contributed by atoms with Gasteiger partial charge in [0.1, 0.15) is 0 Å². The number of aliphatic hydroxyl groups is 1. The number of nitrogens with two attached hydrogens (primary N) is 1. The lowest BCUT2D eigenvalue weighted by Crippen LogP contribution is -2.41. The maximum absolute atomic E-state index is 11.9. The fourth-order valence-corrected chi connectivity index (χ4v) is 1.47. The molecule has 0 aliphatic rings. The minimum Gasteiger partial charge on any atom is -0.394 e. The Morgan fingerprint density at radius 1 is 1.35 bits per heavy atom. The summed E-state index contributed by atoms with van der Waals surface area (Å²) < 4.78 is 0. The highest BCUT2D eigenvalue weighted by atomic mass is 16.3. The van der Waals surface area contributed by atoms with Crippen molar-refractivity contribution in [3.63, 3.8) is 0 Å². The predicted octanol–water partition coefficient (Wildman–Crippen LogP) is 0.892. The second-order valence-electron chi connectivity index (χ2n) is 4.41. The number of nitrogens with one attached hydrogen (secondary N) is 1. The Morgan fingerprint density at radius 2 is 1.94 bits per heavy atom. The van der Waals surface area contributed by atoms with Crippen LogP contribution in [0.4, 0.5) is 0 Å². The van der Waals surface area contributed by atoms with Crippen LogP contribution in [0, 0.1) is 5.92 Å². The van der Waals surface area contributed by atoms with Crippen LogP contribution >= 0.6 is 0 Å². The van der Waals surface area contributed by atoms with Gasteiger partial charge in [-0.15, -0.1) is 0 Å². The number of rotatable bonds is 5. The number of benzene rings is 1. The first-order valence-electron chi connectivity index (χ1n) is 5.79. The van der Waals surface area contributed by atoms with Gasteiger partial charge >= 0.3 is 0 Å². The molecular formula is C13H20N2O2. The summed E-state index contributed by atoms with van der Waals surface area (Å²) in [7, 11) is 0. The maximum Gasteiger partial charge on any atom is 0.251 e. The first kappa shape index (κ1) is 13.7. The maximum atomic E-state index is 11.9. The molecule has 1 aromatic carbocycles. The van der Waals surface area contributed by atoms with Crippen molar-refractivity contribution in [1.82, 2.24) is 5.32 Å². The molecule has 4 heteroatoms. The number of hydrogen-bond donors (Lipinski definition) is 3. The molecule has 0 radical (unpaired) electrons. The minimum absolute atomic E-state index is 0.0513. The van der Waals surface area contributed by atoms with Crippen molar-refractivity contribution in [3.8, 4) is 0 Å². The second kappa shape index (κ2) is 6.37. The van der Waals surface area contributed by atoms with Crippen LogP contribution in [-0.4, -0.2) is 23.7 Å². The average molecular weight is 236 g/mol. The lowest BCUT2D eigenvalue weighted by molar-refractivity contribution is 0.0897. The zero-order valence-corrected chi connectivity index (χ0v) is 10.3. The van der Waals surface area contributed by atoms with Crippen molar-refractivity contribution in [1.29, 1.82) is 0 Å². The van der Waals surface area contributed by atoms with Crippen molar-refractivity contribution >= 4 is 5.91 Å². The van der Waals surface area contributed by atoms with E-state index in [4.69, 9.17) is 10.8 Å². The SMILES string of the molecule is CC(C)[C@@H](CO)NC(=O)c1ccc(CN)cc1. The Hall–Kier alpha value is -1.39. The highest BCUT2D eigenvalue weighted by Crippen LogP contribution is 2.06. The molecule has 1 atom stereocenters. The number of amides is 1. The lowest BCUT2D eigenvalue weighted by Gasteiger charge is -2.19. The zero-order valence-electron chi connectivity index (χ0n) is 10.3. The van der Waals surface area contributed by atoms with E-state index in [1.807, 2.05) is 26.0 Å². The van der Waals surface area contributed by atoms with Gasteiger partial charge in [0, 0.05) is 12.1 Å². The Balaban J connectivity index is 2.68. The van der Waals surface area contributed by atoms with Crippen LogP contribution in [0.5, 0.6) is 0 Å². The van der Waals surface area contributed by atoms with E-state index in [1.165, 1.54) is 0 Å². The molecule has 1 aromatic rings. The summed E-state index contributed by atoms with van der Waals surface area (Å²) in [6.07, 6.45) is 0. The largest absolute Gasteiger partial charge is 0.394 e. The number of aliphatic hydroxyl groups excluding tert-OH is 1. The summed E-state index contributed by atoms with van der Waals surface area (Å²) in [5.74, 6) is 0.0357. The van der Waals surface area contributed by atoms with Crippen molar-refractivity contribution in [2.24, 2.45) is 11.7 Å². The normalized spacial score (nSPS) is 12.5. The van der Waals surface area contributed by atoms with Gasteiger partial charge in [-0.25, -0.2) is 0 Å². The molecular weight excluding hydrogens is 216 g/mol. The molecule has 0 saturated heterocycles. The first-order chi connectivity index (χ1) is 8.08. The van der Waals surface area contributed by atoms with E-state index in [0.29, 0.717) is 12.1 Å². The Morgan fingerprint density at radius 3 is 2.35 bits per heavy atom. The van der Waals surface area contributed by atoms with Gasteiger partial charge in [0.15, 0.2) is 0 Å². The quantitative estimate of drug-likeness (QED) is 0.710. The Labute approximate surface area is 102 Å². The fourth-order valence-electron chi connectivity index (χ4n) is 1.47. The van der Waals surface area contributed by atoms with Gasteiger partial charge < -0.3 is 16.2 Å². The number of carbonyl (C=O) groups excluding carboxylic acids is 1. The average Bonchev–Trinajstić information content (AvgIpc) is 2.35. The lowest BCUT2D eigenvalue weighted by atomic mass is 10.0. The number of hydrogen-bond acceptors (Lipinski definition) is 3. The third kappa shape index (κ3) is 3.84. The van der Waals surface area contributed by atoms with Gasteiger partial charge in [-0.1, -0.05) is 26.0 Å². The summed E-state index contributed by atoms with van der Waals surface area (Å²) in [4.78, 5) is 11.9. The second-order valence-corrected chi connectivity index (χ2v) is 4.41. The molecule has 0 spiro atoms. The third-order valence-corrected chi connectivity index (χ3v) is 2.77. The van der Waals surface area contributed by atoms with E-state index >= 15 is 0 Å². The summed E-state index contributed by atoms with van der Waals surface area (Å²) in [5, 5.41) is 11.9. The predicted molar refractivity (Wildman–Crippen MR) is 67.5 cm³/mol. The number of carbonyl (C=O) groups is 1. The van der Waals surface area contributed by atoms with Gasteiger partial charge in [-0.2, -0.15) is 0 Å². The van der Waals surface area contributed by atoms with Crippen LogP contribution in [0.25, 0.3) is 0 Å². The topological polar surface area (TPSA) is 75.3 Å². The molecule has 4 nitrogen and oxygen atoms in total. The van der Waals surface area contributed by atoms with Gasteiger partial charge in [0.2, 0.25) is 0 Å². The van der Waals surface area contributed by atoms with Crippen LogP contribution in [0.1, 0.15) is 29.8 Å². The first-order valence-corrected chi connectivity index (χ1v) is 5.79. The highest BCUT2D eigenvalue weighted by molar-refractivity contribution is 5.94. The van der Waals surface area contributed by atoms with Crippen molar-refractivity contribution in [2.75, 3.05) is 6.61 Å². The van der Waals surface area contributed by atoms with Crippen molar-refractivity contribution < 1.29 is 9.90 Å². The van der Waals surface area contributed by atoms with Crippen LogP contribution in [0.2, 0.25) is 0 Å². The standard InChI is InChI=1S/C13H20N2O2/c1-9(2)12(8-16)15-13(17)11-5-3-10(7-14)4-6-11/h3-6,9,12,16H,7-8,14H2,1-2H3,(H,15,17)/t12-/m1/s1. The van der Waals surface area contributed by atoms with Gasteiger partial charge in [-0.05, 0) is 23.6 Å². The van der Waals surface area contributed by atoms with Crippen LogP contribution in [0.15, 0.2) is 24.3 Å². The van der Waals surface area contributed by atoms with Crippen LogP contribution in [-0.2, 0) is 6.54 Å². The van der Waals surface area contributed by atoms with Gasteiger partial charge in [0.25, 0.3) is 5.91 Å². The molecule has 0 saturated carbocycles. The summed E-state index contributed by atoms with van der Waals surface area (Å²) in [5.41, 5.74) is 7.06. The molecule has 0 fully saturated rings. The molecule has 17 heavy (non-hydrogen) atoms. The zero-order chi connectivity index (χ0) is 12.8. The third-order valence-electron chi connectivity index (χ3n) is 2.77. The van der Waals surface area contributed by atoms with E-state index in [-0.39, 0.29) is 24.5 Å². The molecule has 94 valence electrons. The highest BCUT2D eigenvalue weighted by Gasteiger charge is 2.15. The summed E-state index contributed by atoms with van der Waals surface area (Å²) >= 11 is 0. The molecule has 4 N–H and O–H groups in total. The molecule has 0 aromatic heterocycles. The summed E-state index contributed by atoms with van der Waals surface area (Å²) in [6, 6.07) is 6.94. The molecule has 0 aliphatic carbocycles. The molecule has 0 heterocycles. The van der Waals surface area contributed by atoms with Crippen molar-refractivity contribution in [3.05, 3.63) is 35.4 Å². The summed E-state index contributed by atoms with van der Waals surface area (Å²) in [6.45, 7) is 4.33. The molecule has 1 rings (SSSR count). The molecule has 0 bridgehead atoms. The van der Waals surface area contributed by atoms with Crippen LogP contribution < -0.4 is 11.1 Å². The smallest absolute Gasteiger partial charge is 0.251 e. The van der Waals surface area contributed by atoms with E-state index in [0.717, 1.165) is 5.56 Å². The van der Waals surface area contributed by atoms with E-state index in [9.17, 15) is 4.79 Å². The molecule has 0 unspecified atom stereocenters. The van der Waals surface area contributed by atoms with Gasteiger partial charge in [-0.3, -0.25) is 4.79 Å². The van der Waals surface area contributed by atoms with Crippen LogP contribution in [0.3, 0.4) is 0 Å². The van der Waals surface area contributed by atoms with E-state index in [2.05, 4.69) is 5.32 Å². The fraction of sp³-hybridized carbons (Fsp3) is 0.462. The van der Waals surface area contributed by atoms with E-state index < -0.39 is 0 Å². The Kier molecular flexibility index (Phi) is 5.12. The molecule has 0 aliphatic heterocycles. The Bertz CT molecular complexity index is 360. The van der Waals surface area contributed by atoms with E-state index in [1.54, 1.807) is 12.1 Å². The molecule has 1 amide bonds. The van der Waals surface area contributed by atoms with Crippen molar-refractivity contribution in [2.45, 2.75) is 26.4 Å². The monoisotopic (exact) mass is 236 g/mol. The minimum atomic E-state index is -0.211. The van der Waals surface area contributed by atoms with Gasteiger partial charge in [0.05, 0.1) is 12.6 Å².